The molecule has 0 saturated carbocycles. The number of hydrogen-bond acceptors (Lipinski definition) is 7. The second-order valence-corrected chi connectivity index (χ2v) is 5.96. The summed E-state index contributed by atoms with van der Waals surface area (Å²) in [4.78, 5) is 8.61. The molecule has 7 nitrogen and oxygen atoms in total. The van der Waals surface area contributed by atoms with Crippen molar-refractivity contribution in [2.45, 2.75) is 18.8 Å². The van der Waals surface area contributed by atoms with Gasteiger partial charge in [0, 0.05) is 25.1 Å². The number of hydrogen-bond donors (Lipinski definition) is 2. The highest BCUT2D eigenvalue weighted by atomic mass is 16.5. The van der Waals surface area contributed by atoms with Gasteiger partial charge in [-0.1, -0.05) is 6.07 Å². The summed E-state index contributed by atoms with van der Waals surface area (Å²) in [5.74, 6) is 2.80. The summed E-state index contributed by atoms with van der Waals surface area (Å²) in [6, 6.07) is 7.88. The molecule has 0 spiro atoms. The molecule has 2 heterocycles. The Hall–Kier alpha value is -2.54. The lowest BCUT2D eigenvalue weighted by atomic mass is 10.0. The van der Waals surface area contributed by atoms with E-state index in [1.807, 2.05) is 24.3 Å². The van der Waals surface area contributed by atoms with Crippen LogP contribution in [0.4, 0.5) is 11.8 Å². The molecule has 1 fully saturated rings. The predicted octanol–water partition coefficient (Wildman–Crippen LogP) is 2.23. The number of ether oxygens (including phenoxy) is 3. The van der Waals surface area contributed by atoms with Crippen LogP contribution in [0, 0.1) is 0 Å². The Morgan fingerprint density at radius 2 is 2.04 bits per heavy atom. The molecule has 134 valence electrons. The van der Waals surface area contributed by atoms with E-state index in [9.17, 15) is 0 Å². The first-order valence-corrected chi connectivity index (χ1v) is 8.36. The van der Waals surface area contributed by atoms with Crippen molar-refractivity contribution in [1.82, 2.24) is 9.97 Å². The second kappa shape index (κ2) is 8.02. The number of nitrogen functional groups attached to an aromatic ring is 1. The maximum absolute atomic E-state index is 5.85. The SMILES string of the molecule is COc1ccc(CCNc2cc(C3CCOC3)nc(N)n2)cc1OC. The van der Waals surface area contributed by atoms with Crippen LogP contribution in [-0.4, -0.2) is 43.9 Å². The van der Waals surface area contributed by atoms with Crippen LogP contribution in [-0.2, 0) is 11.2 Å². The molecule has 1 aromatic heterocycles. The predicted molar refractivity (Wildman–Crippen MR) is 96.4 cm³/mol. The third-order valence-electron chi connectivity index (χ3n) is 4.28. The molecule has 3 rings (SSSR count). The fraction of sp³-hybridized carbons (Fsp3) is 0.444. The molecular weight excluding hydrogens is 320 g/mol. The van der Waals surface area contributed by atoms with Crippen molar-refractivity contribution in [3.63, 3.8) is 0 Å². The largest absolute Gasteiger partial charge is 0.493 e. The first-order valence-electron chi connectivity index (χ1n) is 8.36. The fourth-order valence-corrected chi connectivity index (χ4v) is 2.92. The first kappa shape index (κ1) is 17.3. The molecule has 1 aliphatic heterocycles. The molecule has 1 aliphatic rings. The Kier molecular flexibility index (Phi) is 5.55. The number of rotatable bonds is 7. The number of nitrogens with two attached hydrogens (primary N) is 1. The van der Waals surface area contributed by atoms with Crippen LogP contribution >= 0.6 is 0 Å². The molecular formula is C18H24N4O3. The Labute approximate surface area is 147 Å². The van der Waals surface area contributed by atoms with Gasteiger partial charge in [0.15, 0.2) is 11.5 Å². The summed E-state index contributed by atoms with van der Waals surface area (Å²) < 4.78 is 16.0. The highest BCUT2D eigenvalue weighted by Gasteiger charge is 2.20. The molecule has 1 atom stereocenters. The van der Waals surface area contributed by atoms with Gasteiger partial charge in [-0.2, -0.15) is 4.98 Å². The average Bonchev–Trinajstić information content (AvgIpc) is 3.16. The topological polar surface area (TPSA) is 91.5 Å². The summed E-state index contributed by atoms with van der Waals surface area (Å²) in [5.41, 5.74) is 7.94. The molecule has 0 radical (unpaired) electrons. The molecule has 1 unspecified atom stereocenters. The Balaban J connectivity index is 1.62. The third-order valence-corrected chi connectivity index (χ3v) is 4.28. The molecule has 1 aromatic carbocycles. The average molecular weight is 344 g/mol. The van der Waals surface area contributed by atoms with Gasteiger partial charge in [0.2, 0.25) is 5.95 Å². The Morgan fingerprint density at radius 3 is 2.76 bits per heavy atom. The van der Waals surface area contributed by atoms with E-state index >= 15 is 0 Å². The van der Waals surface area contributed by atoms with E-state index in [1.54, 1.807) is 14.2 Å². The van der Waals surface area contributed by atoms with Crippen LogP contribution in [0.1, 0.15) is 23.6 Å². The lowest BCUT2D eigenvalue weighted by molar-refractivity contribution is 0.193. The van der Waals surface area contributed by atoms with E-state index < -0.39 is 0 Å². The van der Waals surface area contributed by atoms with Crippen molar-refractivity contribution >= 4 is 11.8 Å². The van der Waals surface area contributed by atoms with E-state index in [1.165, 1.54) is 0 Å². The smallest absolute Gasteiger partial charge is 0.222 e. The zero-order valence-electron chi connectivity index (χ0n) is 14.6. The summed E-state index contributed by atoms with van der Waals surface area (Å²) in [5, 5.41) is 3.32. The van der Waals surface area contributed by atoms with E-state index in [0.717, 1.165) is 54.6 Å². The molecule has 2 aromatic rings. The minimum absolute atomic E-state index is 0.290. The monoisotopic (exact) mass is 344 g/mol. The van der Waals surface area contributed by atoms with Crippen molar-refractivity contribution < 1.29 is 14.2 Å². The van der Waals surface area contributed by atoms with Gasteiger partial charge in [-0.15, -0.1) is 0 Å². The molecule has 0 aliphatic carbocycles. The Morgan fingerprint density at radius 1 is 1.20 bits per heavy atom. The van der Waals surface area contributed by atoms with Gasteiger partial charge in [0.25, 0.3) is 0 Å². The second-order valence-electron chi connectivity index (χ2n) is 5.96. The number of nitrogens with zero attached hydrogens (tertiary/aromatic N) is 2. The first-order chi connectivity index (χ1) is 12.2. The highest BCUT2D eigenvalue weighted by Crippen LogP contribution is 2.28. The number of aromatic nitrogens is 2. The normalized spacial score (nSPS) is 16.6. The molecule has 0 amide bonds. The lowest BCUT2D eigenvalue weighted by Crippen LogP contribution is -2.11. The van der Waals surface area contributed by atoms with Gasteiger partial charge in [-0.3, -0.25) is 0 Å². The maximum Gasteiger partial charge on any atom is 0.222 e. The van der Waals surface area contributed by atoms with E-state index in [4.69, 9.17) is 19.9 Å². The standard InChI is InChI=1S/C18H24N4O3/c1-23-15-4-3-12(9-16(15)24-2)5-7-20-17-10-14(21-18(19)22-17)13-6-8-25-11-13/h3-4,9-10,13H,5-8,11H2,1-2H3,(H3,19,20,21,22). The van der Waals surface area contributed by atoms with Crippen LogP contribution in [0.25, 0.3) is 0 Å². The van der Waals surface area contributed by atoms with Gasteiger partial charge in [0.05, 0.1) is 26.5 Å². The number of anilines is 2. The molecule has 1 saturated heterocycles. The zero-order chi connectivity index (χ0) is 17.6. The van der Waals surface area contributed by atoms with Crippen LogP contribution < -0.4 is 20.5 Å². The van der Waals surface area contributed by atoms with Crippen molar-refractivity contribution in [2.75, 3.05) is 45.0 Å². The summed E-state index contributed by atoms with van der Waals surface area (Å²) in [6.45, 7) is 2.20. The maximum atomic E-state index is 5.85. The van der Waals surface area contributed by atoms with Crippen LogP contribution in [0.2, 0.25) is 0 Å². The van der Waals surface area contributed by atoms with Crippen LogP contribution in [0.5, 0.6) is 11.5 Å². The van der Waals surface area contributed by atoms with Crippen molar-refractivity contribution in [2.24, 2.45) is 0 Å². The van der Waals surface area contributed by atoms with Gasteiger partial charge in [0.1, 0.15) is 5.82 Å². The third kappa shape index (κ3) is 4.30. The molecule has 7 heteroatoms. The number of methoxy groups -OCH3 is 2. The van der Waals surface area contributed by atoms with Crippen molar-refractivity contribution in [1.29, 1.82) is 0 Å². The quantitative estimate of drug-likeness (QED) is 0.796. The van der Waals surface area contributed by atoms with E-state index in [-0.39, 0.29) is 5.95 Å². The van der Waals surface area contributed by atoms with Crippen LogP contribution in [0.15, 0.2) is 24.3 Å². The molecule has 25 heavy (non-hydrogen) atoms. The van der Waals surface area contributed by atoms with E-state index in [2.05, 4.69) is 15.3 Å². The summed E-state index contributed by atoms with van der Waals surface area (Å²) >= 11 is 0. The number of benzene rings is 1. The summed E-state index contributed by atoms with van der Waals surface area (Å²) in [7, 11) is 3.27. The zero-order valence-corrected chi connectivity index (χ0v) is 14.6. The molecule has 0 bridgehead atoms. The van der Waals surface area contributed by atoms with Gasteiger partial charge in [-0.05, 0) is 30.5 Å². The van der Waals surface area contributed by atoms with Gasteiger partial charge < -0.3 is 25.3 Å². The number of nitrogens with one attached hydrogen (secondary N) is 1. The minimum atomic E-state index is 0.290. The fourth-order valence-electron chi connectivity index (χ4n) is 2.92. The highest BCUT2D eigenvalue weighted by molar-refractivity contribution is 5.44. The summed E-state index contributed by atoms with van der Waals surface area (Å²) in [6.07, 6.45) is 1.80. The van der Waals surface area contributed by atoms with Gasteiger partial charge >= 0.3 is 0 Å². The Bertz CT molecular complexity index is 717. The minimum Gasteiger partial charge on any atom is -0.493 e. The van der Waals surface area contributed by atoms with Gasteiger partial charge in [-0.25, -0.2) is 4.98 Å². The van der Waals surface area contributed by atoms with E-state index in [0.29, 0.717) is 12.5 Å². The molecule has 3 N–H and O–H groups in total. The van der Waals surface area contributed by atoms with Crippen molar-refractivity contribution in [3.8, 4) is 11.5 Å². The van der Waals surface area contributed by atoms with Crippen LogP contribution in [0.3, 0.4) is 0 Å². The van der Waals surface area contributed by atoms with Crippen molar-refractivity contribution in [3.05, 3.63) is 35.5 Å². The lowest BCUT2D eigenvalue weighted by Gasteiger charge is -2.12.